The Bertz CT molecular complexity index is 688. The van der Waals surface area contributed by atoms with Crippen LogP contribution in [-0.2, 0) is 4.74 Å². The first-order chi connectivity index (χ1) is 11.1. The molecular weight excluding hydrogens is 286 g/mol. The Morgan fingerprint density at radius 3 is 2.74 bits per heavy atom. The molecule has 1 heterocycles. The molecule has 2 aromatic rings. The molecule has 0 bridgehead atoms. The molecule has 0 aromatic heterocycles. The van der Waals surface area contributed by atoms with E-state index in [1.165, 1.54) is 11.1 Å². The molecule has 1 amide bonds. The van der Waals surface area contributed by atoms with Crippen molar-refractivity contribution in [1.29, 1.82) is 0 Å². The van der Waals surface area contributed by atoms with E-state index in [0.29, 0.717) is 18.1 Å². The van der Waals surface area contributed by atoms with Crippen LogP contribution >= 0.6 is 0 Å². The van der Waals surface area contributed by atoms with Gasteiger partial charge in [0, 0.05) is 12.2 Å². The highest BCUT2D eigenvalue weighted by atomic mass is 16.5. The molecule has 0 aliphatic carbocycles. The molecule has 1 N–H and O–H groups in total. The Hall–Kier alpha value is -2.13. The first-order valence-corrected chi connectivity index (χ1v) is 8.23. The monoisotopic (exact) mass is 309 g/mol. The molecule has 3 rings (SSSR count). The molecule has 3 heteroatoms. The number of hydrogen-bond donors (Lipinski definition) is 1. The standard InChI is InChI=1S/C20H23NO2/c1-14(2)18-8-3-4-9-19(18)15-6-5-7-16(12-15)20(22)21-17-10-11-23-13-17/h3-9,12,14,17H,10-11,13H2,1-2H3,(H,21,22)/t17-/m1/s1. The maximum atomic E-state index is 12.4. The maximum absolute atomic E-state index is 12.4. The Morgan fingerprint density at radius 1 is 1.17 bits per heavy atom. The summed E-state index contributed by atoms with van der Waals surface area (Å²) in [4.78, 5) is 12.4. The summed E-state index contributed by atoms with van der Waals surface area (Å²) in [7, 11) is 0. The molecule has 23 heavy (non-hydrogen) atoms. The summed E-state index contributed by atoms with van der Waals surface area (Å²) in [6.45, 7) is 5.72. The molecule has 1 aliphatic rings. The lowest BCUT2D eigenvalue weighted by atomic mass is 9.92. The average molecular weight is 309 g/mol. The molecule has 0 unspecified atom stereocenters. The van der Waals surface area contributed by atoms with Crippen LogP contribution in [0.4, 0.5) is 0 Å². The van der Waals surface area contributed by atoms with Gasteiger partial charge in [0.25, 0.3) is 5.91 Å². The van der Waals surface area contributed by atoms with Crippen molar-refractivity contribution in [2.24, 2.45) is 0 Å². The zero-order valence-electron chi connectivity index (χ0n) is 13.7. The van der Waals surface area contributed by atoms with E-state index in [1.54, 1.807) is 0 Å². The van der Waals surface area contributed by atoms with Crippen molar-refractivity contribution >= 4 is 5.91 Å². The summed E-state index contributed by atoms with van der Waals surface area (Å²) >= 11 is 0. The van der Waals surface area contributed by atoms with Crippen molar-refractivity contribution in [2.45, 2.75) is 32.2 Å². The number of rotatable bonds is 4. The third-order valence-corrected chi connectivity index (χ3v) is 4.28. The average Bonchev–Trinajstić information content (AvgIpc) is 3.08. The Kier molecular flexibility index (Phi) is 4.77. The summed E-state index contributed by atoms with van der Waals surface area (Å²) in [5, 5.41) is 3.05. The maximum Gasteiger partial charge on any atom is 0.251 e. The fourth-order valence-corrected chi connectivity index (χ4v) is 3.01. The zero-order valence-corrected chi connectivity index (χ0v) is 13.7. The van der Waals surface area contributed by atoms with E-state index < -0.39 is 0 Å². The molecule has 2 aromatic carbocycles. The third kappa shape index (κ3) is 3.62. The van der Waals surface area contributed by atoms with Crippen molar-refractivity contribution in [3.8, 4) is 11.1 Å². The highest BCUT2D eigenvalue weighted by Crippen LogP contribution is 2.29. The molecule has 0 radical (unpaired) electrons. The van der Waals surface area contributed by atoms with Gasteiger partial charge in [0.2, 0.25) is 0 Å². The van der Waals surface area contributed by atoms with E-state index in [1.807, 2.05) is 24.3 Å². The highest BCUT2D eigenvalue weighted by molar-refractivity contribution is 5.95. The number of carbonyl (C=O) groups excluding carboxylic acids is 1. The number of ether oxygens (including phenoxy) is 1. The second-order valence-corrected chi connectivity index (χ2v) is 6.36. The van der Waals surface area contributed by atoms with Crippen LogP contribution in [0, 0.1) is 0 Å². The van der Waals surface area contributed by atoms with Gasteiger partial charge in [0.15, 0.2) is 0 Å². The van der Waals surface area contributed by atoms with E-state index in [-0.39, 0.29) is 11.9 Å². The summed E-state index contributed by atoms with van der Waals surface area (Å²) in [5.74, 6) is 0.420. The largest absolute Gasteiger partial charge is 0.379 e. The lowest BCUT2D eigenvalue weighted by Gasteiger charge is -2.14. The van der Waals surface area contributed by atoms with Gasteiger partial charge in [0.05, 0.1) is 12.6 Å². The van der Waals surface area contributed by atoms with Crippen LogP contribution in [0.25, 0.3) is 11.1 Å². The van der Waals surface area contributed by atoms with Gasteiger partial charge in [-0.3, -0.25) is 4.79 Å². The van der Waals surface area contributed by atoms with Crippen LogP contribution in [0.1, 0.15) is 42.1 Å². The number of carbonyl (C=O) groups is 1. The van der Waals surface area contributed by atoms with Crippen LogP contribution in [0.2, 0.25) is 0 Å². The van der Waals surface area contributed by atoms with Crippen LogP contribution in [-0.4, -0.2) is 25.2 Å². The third-order valence-electron chi connectivity index (χ3n) is 4.28. The van der Waals surface area contributed by atoms with Crippen LogP contribution in [0.5, 0.6) is 0 Å². The van der Waals surface area contributed by atoms with Gasteiger partial charge < -0.3 is 10.1 Å². The molecule has 0 saturated carbocycles. The minimum absolute atomic E-state index is 0.0237. The molecule has 1 fully saturated rings. The first-order valence-electron chi connectivity index (χ1n) is 8.23. The molecule has 3 nitrogen and oxygen atoms in total. The number of hydrogen-bond acceptors (Lipinski definition) is 2. The predicted molar refractivity (Wildman–Crippen MR) is 92.7 cm³/mol. The molecule has 1 saturated heterocycles. The van der Waals surface area contributed by atoms with E-state index in [9.17, 15) is 4.79 Å². The normalized spacial score (nSPS) is 17.4. The molecule has 1 atom stereocenters. The van der Waals surface area contributed by atoms with Gasteiger partial charge in [-0.25, -0.2) is 0 Å². The molecule has 0 spiro atoms. The van der Waals surface area contributed by atoms with E-state index in [4.69, 9.17) is 4.74 Å². The smallest absolute Gasteiger partial charge is 0.251 e. The van der Waals surface area contributed by atoms with Crippen molar-refractivity contribution in [3.05, 3.63) is 59.7 Å². The van der Waals surface area contributed by atoms with Crippen molar-refractivity contribution < 1.29 is 9.53 Å². The van der Waals surface area contributed by atoms with Gasteiger partial charge in [-0.1, -0.05) is 50.2 Å². The van der Waals surface area contributed by atoms with Gasteiger partial charge in [-0.2, -0.15) is 0 Å². The van der Waals surface area contributed by atoms with Crippen molar-refractivity contribution in [1.82, 2.24) is 5.32 Å². The van der Waals surface area contributed by atoms with Crippen LogP contribution in [0.3, 0.4) is 0 Å². The topological polar surface area (TPSA) is 38.3 Å². The Labute approximate surface area is 137 Å². The van der Waals surface area contributed by atoms with Gasteiger partial charge >= 0.3 is 0 Å². The minimum Gasteiger partial charge on any atom is -0.379 e. The number of benzene rings is 2. The fourth-order valence-electron chi connectivity index (χ4n) is 3.01. The van der Waals surface area contributed by atoms with Crippen molar-refractivity contribution in [2.75, 3.05) is 13.2 Å². The summed E-state index contributed by atoms with van der Waals surface area (Å²) in [6.07, 6.45) is 0.890. The molecular formula is C20H23NO2. The van der Waals surface area contributed by atoms with Gasteiger partial charge in [0.1, 0.15) is 0 Å². The Morgan fingerprint density at radius 2 is 2.00 bits per heavy atom. The molecule has 120 valence electrons. The van der Waals surface area contributed by atoms with E-state index in [0.717, 1.165) is 18.6 Å². The fraction of sp³-hybridized carbons (Fsp3) is 0.350. The zero-order chi connectivity index (χ0) is 16.2. The van der Waals surface area contributed by atoms with E-state index >= 15 is 0 Å². The lowest BCUT2D eigenvalue weighted by molar-refractivity contribution is 0.0930. The van der Waals surface area contributed by atoms with E-state index in [2.05, 4.69) is 43.4 Å². The highest BCUT2D eigenvalue weighted by Gasteiger charge is 2.19. The second kappa shape index (κ2) is 6.97. The quantitative estimate of drug-likeness (QED) is 0.927. The number of nitrogens with one attached hydrogen (secondary N) is 1. The van der Waals surface area contributed by atoms with Gasteiger partial charge in [-0.05, 0) is 41.2 Å². The minimum atomic E-state index is -0.0237. The lowest BCUT2D eigenvalue weighted by Crippen LogP contribution is -2.34. The summed E-state index contributed by atoms with van der Waals surface area (Å²) in [6, 6.07) is 16.4. The molecule has 1 aliphatic heterocycles. The van der Waals surface area contributed by atoms with Crippen LogP contribution < -0.4 is 5.32 Å². The first kappa shape index (κ1) is 15.8. The van der Waals surface area contributed by atoms with Gasteiger partial charge in [-0.15, -0.1) is 0 Å². The second-order valence-electron chi connectivity index (χ2n) is 6.36. The predicted octanol–water partition coefficient (Wildman–Crippen LogP) is 4.00. The SMILES string of the molecule is CC(C)c1ccccc1-c1cccc(C(=O)N[C@@H]2CCOC2)c1. The Balaban J connectivity index is 1.86. The summed E-state index contributed by atoms with van der Waals surface area (Å²) in [5.41, 5.74) is 4.29. The van der Waals surface area contributed by atoms with Crippen molar-refractivity contribution in [3.63, 3.8) is 0 Å². The number of amides is 1. The van der Waals surface area contributed by atoms with Crippen LogP contribution in [0.15, 0.2) is 48.5 Å². The summed E-state index contributed by atoms with van der Waals surface area (Å²) < 4.78 is 5.31.